The summed E-state index contributed by atoms with van der Waals surface area (Å²) in [5.74, 6) is 0. The van der Waals surface area contributed by atoms with Crippen molar-refractivity contribution < 1.29 is 0 Å². The molecule has 0 rings (SSSR count). The molecule has 0 aliphatic carbocycles. The summed E-state index contributed by atoms with van der Waals surface area (Å²) < 4.78 is 1.37. The zero-order valence-corrected chi connectivity index (χ0v) is 12.8. The summed E-state index contributed by atoms with van der Waals surface area (Å²) in [5, 5.41) is 0. The van der Waals surface area contributed by atoms with Gasteiger partial charge in [0.2, 0.25) is 0 Å². The molecule has 58 valence electrons. The maximum absolute atomic E-state index is 2.31. The van der Waals surface area contributed by atoms with E-state index in [1.807, 2.05) is 0 Å². The van der Waals surface area contributed by atoms with E-state index in [-0.39, 0.29) is 0 Å². The minimum absolute atomic E-state index is 0.855. The van der Waals surface area contributed by atoms with Gasteiger partial charge in [-0.25, -0.2) is 0 Å². The molecule has 0 radical (unpaired) electrons. The van der Waals surface area contributed by atoms with Crippen LogP contribution in [0.3, 0.4) is 0 Å². The van der Waals surface area contributed by atoms with Crippen molar-refractivity contribution in [2.75, 3.05) is 0 Å². The molecule has 0 aromatic carbocycles. The fourth-order valence-electron chi connectivity index (χ4n) is 0.878. The fourth-order valence-corrected chi connectivity index (χ4v) is 1.70. The first-order chi connectivity index (χ1) is 5.41. The molecule has 0 aromatic heterocycles. The van der Waals surface area contributed by atoms with Crippen molar-refractivity contribution in [1.29, 1.82) is 0 Å². The monoisotopic (exact) mass is 222 g/mol. The predicted octanol–water partition coefficient (Wildman–Crippen LogP) is 3.27. The Hall–Kier alpha value is 1.29. The summed E-state index contributed by atoms with van der Waals surface area (Å²) in [7, 11) is 0. The Bertz CT molecular complexity index is 114. The number of hydrogen-bond acceptors (Lipinski definition) is 0. The second-order valence-corrected chi connectivity index (χ2v) is 4.74. The van der Waals surface area contributed by atoms with Crippen LogP contribution in [0.5, 0.6) is 0 Å². The van der Waals surface area contributed by atoms with Gasteiger partial charge < -0.3 is 0 Å². The molecule has 0 spiro atoms. The van der Waals surface area contributed by atoms with Crippen molar-refractivity contribution in [1.82, 2.24) is 0 Å². The summed E-state index contributed by atoms with van der Waals surface area (Å²) >= 11 is 0.855. The van der Waals surface area contributed by atoms with E-state index in [9.17, 15) is 0 Å². The molecule has 0 aliphatic heterocycles. The van der Waals surface area contributed by atoms with E-state index in [1.54, 1.807) is 0 Å². The Balaban J connectivity index is 3.09. The summed E-state index contributed by atoms with van der Waals surface area (Å²) in [5.41, 5.74) is 0. The molecule has 0 heterocycles. The average molecular weight is 223 g/mol. The van der Waals surface area contributed by atoms with Crippen LogP contribution in [-0.2, 0) is 0 Å². The number of allylic oxidation sites excluding steroid dienone is 4. The quantitative estimate of drug-likeness (QED) is 0.478. The van der Waals surface area contributed by atoms with E-state index in [0.717, 1.165) is 62.0 Å². The van der Waals surface area contributed by atoms with Crippen LogP contribution < -0.4 is 0 Å². The molecular weight excluding hydrogens is 206 g/mol. The normalized spacial score (nSPS) is 11.9. The van der Waals surface area contributed by atoms with Crippen LogP contribution in [0.15, 0.2) is 24.3 Å². The molecule has 0 fully saturated rings. The van der Waals surface area contributed by atoms with E-state index < -0.39 is 0 Å². The molecule has 0 saturated carbocycles. The Morgan fingerprint density at radius 3 is 2.45 bits per heavy atom. The minimum atomic E-state index is 0.855. The summed E-state index contributed by atoms with van der Waals surface area (Å²) in [6.45, 7) is 2.23. The molecule has 0 aromatic rings. The Morgan fingerprint density at radius 1 is 1.09 bits per heavy atom. The van der Waals surface area contributed by atoms with Gasteiger partial charge in [-0.2, -0.15) is 0 Å². The van der Waals surface area contributed by atoms with Crippen molar-refractivity contribution in [3.05, 3.63) is 24.3 Å². The van der Waals surface area contributed by atoms with Gasteiger partial charge in [-0.15, -0.1) is 0 Å². The van der Waals surface area contributed by atoms with Crippen LogP contribution in [0.1, 0.15) is 32.6 Å². The molecule has 0 nitrogen and oxygen atoms in total. The van der Waals surface area contributed by atoms with Gasteiger partial charge in [-0.1, -0.05) is 0 Å². The number of unbranched alkanes of at least 4 members (excludes halogenated alkanes) is 2. The standard InChI is InChI=1S/C10H17.Rb/c1-3-5-7-9-10-8-6-4-2;/h3,5,9-10H,1,4,6-8H2,2H3;. The summed E-state index contributed by atoms with van der Waals surface area (Å²) in [6, 6.07) is 0. The molecule has 0 unspecified atom stereocenters. The van der Waals surface area contributed by atoms with Gasteiger partial charge in [-0.3, -0.25) is 0 Å². The average Bonchev–Trinajstić information content (AvgIpc) is 2.03. The van der Waals surface area contributed by atoms with Gasteiger partial charge in [0.05, 0.1) is 0 Å². The van der Waals surface area contributed by atoms with Gasteiger partial charge >= 0.3 is 112 Å². The first-order valence-corrected chi connectivity index (χ1v) is 8.19. The molecule has 11 heavy (non-hydrogen) atoms. The molecule has 1 heteroatoms. The third kappa shape index (κ3) is 11.3. The molecule has 0 N–H and O–H groups in total. The molecule has 0 aliphatic rings. The Morgan fingerprint density at radius 2 is 1.82 bits per heavy atom. The molecule has 0 saturated heterocycles. The van der Waals surface area contributed by atoms with E-state index in [2.05, 4.69) is 31.2 Å². The van der Waals surface area contributed by atoms with Crippen molar-refractivity contribution in [2.45, 2.75) is 32.1 Å². The van der Waals surface area contributed by atoms with Crippen molar-refractivity contribution >= 4 is 55.5 Å². The van der Waals surface area contributed by atoms with Crippen LogP contribution in [-0.4, -0.2) is 55.5 Å². The second kappa shape index (κ2) is 11.3. The van der Waals surface area contributed by atoms with Gasteiger partial charge in [0.1, 0.15) is 0 Å². The fraction of sp³-hybridized carbons (Fsp3) is 0.600. The molecule has 0 atom stereocenters. The van der Waals surface area contributed by atoms with Crippen molar-refractivity contribution in [3.8, 4) is 0 Å². The zero-order valence-electron chi connectivity index (χ0n) is 7.84. The van der Waals surface area contributed by atoms with Gasteiger partial charge in [-0.05, 0) is 0 Å². The number of rotatable bonds is 6. The molecule has 0 amide bonds. The van der Waals surface area contributed by atoms with E-state index in [0.29, 0.717) is 0 Å². The molecule has 0 bridgehead atoms. The van der Waals surface area contributed by atoms with E-state index >= 15 is 0 Å². The Kier molecular flexibility index (Phi) is 12.6. The summed E-state index contributed by atoms with van der Waals surface area (Å²) in [6.07, 6.45) is 14.2. The first kappa shape index (κ1) is 12.3. The van der Waals surface area contributed by atoms with E-state index in [1.165, 1.54) is 18.8 Å². The van der Waals surface area contributed by atoms with Crippen LogP contribution >= 0.6 is 0 Å². The van der Waals surface area contributed by atoms with Gasteiger partial charge in [0.25, 0.3) is 0 Å². The topological polar surface area (TPSA) is 0 Å². The summed E-state index contributed by atoms with van der Waals surface area (Å²) in [4.78, 5) is 0. The van der Waals surface area contributed by atoms with Crippen LogP contribution in [0.4, 0.5) is 0 Å². The predicted molar refractivity (Wildman–Crippen MR) is 53.0 cm³/mol. The maximum atomic E-state index is 2.31. The van der Waals surface area contributed by atoms with Gasteiger partial charge in [0, 0.05) is 0 Å². The first-order valence-electron chi connectivity index (χ1n) is 4.71. The SMILES string of the molecule is CCCCC=CCC=C[CH2][Rb]. The van der Waals surface area contributed by atoms with Crippen LogP contribution in [0.25, 0.3) is 0 Å². The zero-order chi connectivity index (χ0) is 8.36. The number of hydrogen-bond donors (Lipinski definition) is 0. The Labute approximate surface area is 110 Å². The van der Waals surface area contributed by atoms with Crippen molar-refractivity contribution in [2.24, 2.45) is 0 Å². The third-order valence-electron chi connectivity index (χ3n) is 1.57. The van der Waals surface area contributed by atoms with Gasteiger partial charge in [0.15, 0.2) is 0 Å². The molecular formula is C10H17Rb. The van der Waals surface area contributed by atoms with Crippen molar-refractivity contribution in [3.63, 3.8) is 0 Å². The second-order valence-electron chi connectivity index (χ2n) is 2.73. The van der Waals surface area contributed by atoms with Crippen LogP contribution in [0.2, 0.25) is -0.511 Å². The third-order valence-corrected chi connectivity index (χ3v) is 2.72. The van der Waals surface area contributed by atoms with E-state index in [4.69, 9.17) is 0 Å². The van der Waals surface area contributed by atoms with Crippen LogP contribution in [0, 0.1) is 0 Å².